The number of likely N-dealkylation sites (N-methyl/N-ethyl adjacent to an activating group) is 1. The first-order valence-electron chi connectivity index (χ1n) is 4.85. The first-order valence-corrected chi connectivity index (χ1v) is 4.85. The van der Waals surface area contributed by atoms with Gasteiger partial charge in [0.25, 0.3) is 0 Å². The first kappa shape index (κ1) is 10.9. The van der Waals surface area contributed by atoms with Crippen LogP contribution in [0, 0.1) is 6.92 Å². The molecule has 1 rings (SSSR count). The highest BCUT2D eigenvalue weighted by Gasteiger charge is 1.99. The van der Waals surface area contributed by atoms with E-state index in [-0.39, 0.29) is 0 Å². The van der Waals surface area contributed by atoms with Gasteiger partial charge in [-0.15, -0.1) is 0 Å². The highest BCUT2D eigenvalue weighted by molar-refractivity contribution is 5.62. The van der Waals surface area contributed by atoms with Gasteiger partial charge in [-0.05, 0) is 38.7 Å². The zero-order chi connectivity index (χ0) is 10.6. The molecule has 78 valence electrons. The summed E-state index contributed by atoms with van der Waals surface area (Å²) in [7, 11) is 4.13. The third kappa shape index (κ3) is 2.92. The van der Waals surface area contributed by atoms with Gasteiger partial charge < -0.3 is 16.0 Å². The van der Waals surface area contributed by atoms with E-state index in [1.165, 1.54) is 0 Å². The number of nitrogen functional groups attached to an aromatic ring is 1. The van der Waals surface area contributed by atoms with E-state index in [0.29, 0.717) is 0 Å². The van der Waals surface area contributed by atoms with Crippen LogP contribution in [0.3, 0.4) is 0 Å². The van der Waals surface area contributed by atoms with Crippen LogP contribution >= 0.6 is 0 Å². The lowest BCUT2D eigenvalue weighted by Gasteiger charge is -2.13. The molecular formula is C11H19N3. The van der Waals surface area contributed by atoms with Gasteiger partial charge in [-0.2, -0.15) is 0 Å². The number of hydrogen-bond donors (Lipinski definition) is 2. The zero-order valence-corrected chi connectivity index (χ0v) is 9.17. The van der Waals surface area contributed by atoms with Crippen molar-refractivity contribution in [2.24, 2.45) is 0 Å². The molecule has 3 nitrogen and oxygen atoms in total. The summed E-state index contributed by atoms with van der Waals surface area (Å²) in [5.74, 6) is 0. The zero-order valence-electron chi connectivity index (χ0n) is 9.17. The Hall–Kier alpha value is -1.22. The van der Waals surface area contributed by atoms with Crippen molar-refractivity contribution in [3.05, 3.63) is 23.8 Å². The van der Waals surface area contributed by atoms with Gasteiger partial charge >= 0.3 is 0 Å². The molecule has 0 fully saturated rings. The van der Waals surface area contributed by atoms with Crippen LogP contribution in [0.5, 0.6) is 0 Å². The van der Waals surface area contributed by atoms with E-state index in [1.807, 2.05) is 19.1 Å². The van der Waals surface area contributed by atoms with Gasteiger partial charge in [0.1, 0.15) is 0 Å². The second-order valence-corrected chi connectivity index (χ2v) is 3.75. The minimum atomic E-state index is 0.847. The summed E-state index contributed by atoms with van der Waals surface area (Å²) in [5, 5.41) is 3.36. The molecule has 0 aliphatic carbocycles. The molecule has 0 aromatic heterocycles. The molecule has 1 aromatic rings. The van der Waals surface area contributed by atoms with Crippen LogP contribution in [0.1, 0.15) is 5.56 Å². The summed E-state index contributed by atoms with van der Waals surface area (Å²) < 4.78 is 0. The Bertz CT molecular complexity index is 295. The second kappa shape index (κ2) is 4.86. The van der Waals surface area contributed by atoms with Crippen molar-refractivity contribution < 1.29 is 0 Å². The number of nitrogens with two attached hydrogens (primary N) is 1. The molecule has 0 amide bonds. The number of benzene rings is 1. The molecule has 0 saturated carbocycles. The van der Waals surface area contributed by atoms with E-state index in [2.05, 4.69) is 30.4 Å². The van der Waals surface area contributed by atoms with Gasteiger partial charge in [0.2, 0.25) is 0 Å². The minimum Gasteiger partial charge on any atom is -0.398 e. The van der Waals surface area contributed by atoms with Crippen molar-refractivity contribution in [2.75, 3.05) is 38.2 Å². The summed E-state index contributed by atoms with van der Waals surface area (Å²) in [4.78, 5) is 2.15. The van der Waals surface area contributed by atoms with E-state index >= 15 is 0 Å². The third-order valence-corrected chi connectivity index (χ3v) is 2.25. The normalized spacial score (nSPS) is 10.6. The number of hydrogen-bond acceptors (Lipinski definition) is 3. The van der Waals surface area contributed by atoms with Crippen LogP contribution in [0.2, 0.25) is 0 Å². The van der Waals surface area contributed by atoms with E-state index in [4.69, 9.17) is 5.73 Å². The Labute approximate surface area is 85.9 Å². The Morgan fingerprint density at radius 3 is 2.71 bits per heavy atom. The maximum atomic E-state index is 5.80. The Morgan fingerprint density at radius 1 is 1.36 bits per heavy atom. The van der Waals surface area contributed by atoms with Crippen molar-refractivity contribution in [1.29, 1.82) is 0 Å². The fourth-order valence-electron chi connectivity index (χ4n) is 1.26. The molecule has 0 heterocycles. The molecule has 0 bridgehead atoms. The SMILES string of the molecule is Cc1c(N)cccc1NCCN(C)C. The minimum absolute atomic E-state index is 0.847. The fourth-order valence-corrected chi connectivity index (χ4v) is 1.26. The predicted octanol–water partition coefficient (Wildman–Crippen LogP) is 1.55. The van der Waals surface area contributed by atoms with Crippen molar-refractivity contribution in [3.63, 3.8) is 0 Å². The molecule has 3 heteroatoms. The van der Waals surface area contributed by atoms with Crippen LogP contribution in [-0.4, -0.2) is 32.1 Å². The van der Waals surface area contributed by atoms with Crippen LogP contribution in [0.15, 0.2) is 18.2 Å². The van der Waals surface area contributed by atoms with Gasteiger partial charge in [0, 0.05) is 24.5 Å². The smallest absolute Gasteiger partial charge is 0.0391 e. The summed E-state index contributed by atoms with van der Waals surface area (Å²) >= 11 is 0. The number of rotatable bonds is 4. The highest BCUT2D eigenvalue weighted by Crippen LogP contribution is 2.19. The fraction of sp³-hybridized carbons (Fsp3) is 0.455. The van der Waals surface area contributed by atoms with E-state index in [0.717, 1.165) is 30.0 Å². The van der Waals surface area contributed by atoms with E-state index < -0.39 is 0 Å². The van der Waals surface area contributed by atoms with Crippen molar-refractivity contribution in [3.8, 4) is 0 Å². The molecule has 0 radical (unpaired) electrons. The number of nitrogens with one attached hydrogen (secondary N) is 1. The van der Waals surface area contributed by atoms with Gasteiger partial charge in [0.15, 0.2) is 0 Å². The quantitative estimate of drug-likeness (QED) is 0.713. The highest BCUT2D eigenvalue weighted by atomic mass is 15.1. The van der Waals surface area contributed by atoms with Crippen molar-refractivity contribution in [2.45, 2.75) is 6.92 Å². The lowest BCUT2D eigenvalue weighted by Crippen LogP contribution is -2.21. The Kier molecular flexibility index (Phi) is 3.77. The van der Waals surface area contributed by atoms with Crippen LogP contribution < -0.4 is 11.1 Å². The molecule has 0 aliphatic rings. The summed E-state index contributed by atoms with van der Waals surface area (Å²) in [5.41, 5.74) is 8.91. The molecule has 0 saturated heterocycles. The summed E-state index contributed by atoms with van der Waals surface area (Å²) in [6.07, 6.45) is 0. The number of nitrogens with zero attached hydrogens (tertiary/aromatic N) is 1. The molecule has 0 spiro atoms. The maximum Gasteiger partial charge on any atom is 0.0391 e. The van der Waals surface area contributed by atoms with Gasteiger partial charge in [-0.1, -0.05) is 6.07 Å². The lowest BCUT2D eigenvalue weighted by atomic mass is 10.1. The molecule has 14 heavy (non-hydrogen) atoms. The topological polar surface area (TPSA) is 41.3 Å². The van der Waals surface area contributed by atoms with Gasteiger partial charge in [-0.25, -0.2) is 0 Å². The largest absolute Gasteiger partial charge is 0.398 e. The molecule has 1 aromatic carbocycles. The lowest BCUT2D eigenvalue weighted by molar-refractivity contribution is 0.425. The average Bonchev–Trinajstić information content (AvgIpc) is 2.12. The van der Waals surface area contributed by atoms with E-state index in [1.54, 1.807) is 0 Å². The maximum absolute atomic E-state index is 5.80. The second-order valence-electron chi connectivity index (χ2n) is 3.75. The summed E-state index contributed by atoms with van der Waals surface area (Å²) in [6, 6.07) is 5.95. The van der Waals surface area contributed by atoms with Crippen molar-refractivity contribution >= 4 is 11.4 Å². The van der Waals surface area contributed by atoms with Crippen LogP contribution in [0.4, 0.5) is 11.4 Å². The van der Waals surface area contributed by atoms with Gasteiger partial charge in [-0.3, -0.25) is 0 Å². The Balaban J connectivity index is 2.54. The molecular weight excluding hydrogens is 174 g/mol. The van der Waals surface area contributed by atoms with Gasteiger partial charge in [0.05, 0.1) is 0 Å². The molecule has 0 aliphatic heterocycles. The first-order chi connectivity index (χ1) is 6.61. The Morgan fingerprint density at radius 2 is 2.07 bits per heavy atom. The summed E-state index contributed by atoms with van der Waals surface area (Å²) in [6.45, 7) is 4.00. The number of anilines is 2. The van der Waals surface area contributed by atoms with Crippen molar-refractivity contribution in [1.82, 2.24) is 4.90 Å². The molecule has 0 atom stereocenters. The average molecular weight is 193 g/mol. The third-order valence-electron chi connectivity index (χ3n) is 2.25. The molecule has 0 unspecified atom stereocenters. The molecule has 3 N–H and O–H groups in total. The van der Waals surface area contributed by atoms with Crippen LogP contribution in [0.25, 0.3) is 0 Å². The van der Waals surface area contributed by atoms with Crippen LogP contribution in [-0.2, 0) is 0 Å². The monoisotopic (exact) mass is 193 g/mol. The van der Waals surface area contributed by atoms with E-state index in [9.17, 15) is 0 Å². The predicted molar refractivity (Wildman–Crippen MR) is 62.6 cm³/mol. The standard InChI is InChI=1S/C11H19N3/c1-9-10(12)5-4-6-11(9)13-7-8-14(2)3/h4-6,13H,7-8,12H2,1-3H3.